The zero-order chi connectivity index (χ0) is 17.4. The van der Waals surface area contributed by atoms with Crippen LogP contribution < -0.4 is 16.0 Å². The van der Waals surface area contributed by atoms with Gasteiger partial charge in [0.25, 0.3) is 0 Å². The molecule has 1 saturated heterocycles. The lowest BCUT2D eigenvalue weighted by Crippen LogP contribution is -2.55. The summed E-state index contributed by atoms with van der Waals surface area (Å²) in [7, 11) is 0. The molecule has 7 heteroatoms. The Bertz CT molecular complexity index is 413. The molecule has 0 radical (unpaired) electrons. The highest BCUT2D eigenvalue weighted by molar-refractivity contribution is 5.76. The van der Waals surface area contributed by atoms with Gasteiger partial charge in [-0.2, -0.15) is 0 Å². The van der Waals surface area contributed by atoms with E-state index in [1.54, 1.807) is 0 Å². The topological polar surface area (TPSA) is 99.7 Å². The Morgan fingerprint density at radius 3 is 2.50 bits per heavy atom. The molecule has 2 aliphatic rings. The number of ether oxygens (including phenoxy) is 1. The van der Waals surface area contributed by atoms with Crippen molar-refractivity contribution in [1.82, 2.24) is 16.0 Å². The smallest absolute Gasteiger partial charge is 0.315 e. The number of urea groups is 1. The van der Waals surface area contributed by atoms with Gasteiger partial charge in [-0.15, -0.1) is 0 Å². The number of rotatable bonds is 6. The van der Waals surface area contributed by atoms with Crippen LogP contribution in [0.15, 0.2) is 0 Å². The fraction of sp³-hybridized carbons (Fsp3) is 0.882. The van der Waals surface area contributed by atoms with Crippen molar-refractivity contribution in [3.63, 3.8) is 0 Å². The number of nitrogens with one attached hydrogen (secondary N) is 3. The third-order valence-corrected chi connectivity index (χ3v) is 4.84. The third-order valence-electron chi connectivity index (χ3n) is 4.84. The molecule has 0 spiro atoms. The number of aliphatic hydroxyl groups excluding tert-OH is 1. The van der Waals surface area contributed by atoms with E-state index in [0.29, 0.717) is 25.8 Å². The molecule has 2 fully saturated rings. The molecule has 0 aromatic carbocycles. The Balaban J connectivity index is 1.76. The number of carbonyl (C=O) groups excluding carboxylic acids is 2. The Kier molecular flexibility index (Phi) is 7.78. The second-order valence-electron chi connectivity index (χ2n) is 6.77. The summed E-state index contributed by atoms with van der Waals surface area (Å²) in [5.41, 5.74) is 0. The standard InChI is InChI=1S/C17H31N3O4/c1-2-18-16(22)10-13-8-9-14(15(11-21)24-13)20-17(23)19-12-6-4-3-5-7-12/h12-15,21H,2-11H2,1H3,(H,18,22)(H2,19,20,23)/t13-,14+,15-/m0/s1. The van der Waals surface area contributed by atoms with Crippen LogP contribution in [0.1, 0.15) is 58.3 Å². The van der Waals surface area contributed by atoms with E-state index in [1.807, 2.05) is 6.92 Å². The number of amides is 3. The SMILES string of the molecule is CCNC(=O)C[C@@H]1CC[C@@H](NC(=O)NC2CCCCC2)[C@H](CO)O1. The number of hydrogen-bond acceptors (Lipinski definition) is 4. The van der Waals surface area contributed by atoms with Crippen LogP contribution in [-0.2, 0) is 9.53 Å². The van der Waals surface area contributed by atoms with Crippen molar-refractivity contribution in [3.05, 3.63) is 0 Å². The number of carbonyl (C=O) groups is 2. The molecule has 1 heterocycles. The van der Waals surface area contributed by atoms with E-state index in [1.165, 1.54) is 6.42 Å². The molecule has 0 unspecified atom stereocenters. The van der Waals surface area contributed by atoms with E-state index in [9.17, 15) is 14.7 Å². The van der Waals surface area contributed by atoms with Crippen LogP contribution >= 0.6 is 0 Å². The normalized spacial score (nSPS) is 28.2. The summed E-state index contributed by atoms with van der Waals surface area (Å²) in [5, 5.41) is 18.3. The van der Waals surface area contributed by atoms with Gasteiger partial charge in [0.1, 0.15) is 6.10 Å². The molecule has 3 atom stereocenters. The molecule has 24 heavy (non-hydrogen) atoms. The minimum Gasteiger partial charge on any atom is -0.394 e. The quantitative estimate of drug-likeness (QED) is 0.580. The van der Waals surface area contributed by atoms with Crippen LogP contribution in [0, 0.1) is 0 Å². The van der Waals surface area contributed by atoms with Crippen molar-refractivity contribution in [2.45, 2.75) is 82.6 Å². The fourth-order valence-electron chi connectivity index (χ4n) is 3.57. The number of hydrogen-bond donors (Lipinski definition) is 4. The zero-order valence-corrected chi connectivity index (χ0v) is 14.6. The predicted molar refractivity (Wildman–Crippen MR) is 90.6 cm³/mol. The number of aliphatic hydroxyl groups is 1. The van der Waals surface area contributed by atoms with E-state index in [2.05, 4.69) is 16.0 Å². The fourth-order valence-corrected chi connectivity index (χ4v) is 3.57. The molecule has 1 saturated carbocycles. The lowest BCUT2D eigenvalue weighted by Gasteiger charge is -2.36. The van der Waals surface area contributed by atoms with Crippen LogP contribution in [0.3, 0.4) is 0 Å². The van der Waals surface area contributed by atoms with Crippen LogP contribution in [0.25, 0.3) is 0 Å². The average Bonchev–Trinajstić information content (AvgIpc) is 2.57. The molecule has 0 aromatic heterocycles. The molecule has 1 aliphatic carbocycles. The maximum absolute atomic E-state index is 12.2. The Morgan fingerprint density at radius 1 is 1.08 bits per heavy atom. The van der Waals surface area contributed by atoms with Gasteiger partial charge in [-0.3, -0.25) is 4.79 Å². The second kappa shape index (κ2) is 9.84. The first-order valence-corrected chi connectivity index (χ1v) is 9.22. The summed E-state index contributed by atoms with van der Waals surface area (Å²) in [5.74, 6) is -0.0411. The van der Waals surface area contributed by atoms with Gasteiger partial charge in [0.15, 0.2) is 0 Å². The molecular weight excluding hydrogens is 310 g/mol. The lowest BCUT2D eigenvalue weighted by atomic mass is 9.95. The van der Waals surface area contributed by atoms with Crippen LogP contribution in [0.2, 0.25) is 0 Å². The van der Waals surface area contributed by atoms with Gasteiger partial charge in [0, 0.05) is 12.6 Å². The van der Waals surface area contributed by atoms with E-state index < -0.39 is 6.10 Å². The van der Waals surface area contributed by atoms with E-state index in [0.717, 1.165) is 25.7 Å². The van der Waals surface area contributed by atoms with Gasteiger partial charge in [-0.25, -0.2) is 4.79 Å². The van der Waals surface area contributed by atoms with E-state index >= 15 is 0 Å². The minimum absolute atomic E-state index is 0.0411. The third kappa shape index (κ3) is 5.94. The van der Waals surface area contributed by atoms with E-state index in [-0.39, 0.29) is 36.7 Å². The molecular formula is C17H31N3O4. The molecule has 0 bridgehead atoms. The summed E-state index contributed by atoms with van der Waals surface area (Å²) in [6, 6.07) is -0.151. The highest BCUT2D eigenvalue weighted by atomic mass is 16.5. The molecule has 4 N–H and O–H groups in total. The van der Waals surface area contributed by atoms with Crippen molar-refractivity contribution >= 4 is 11.9 Å². The summed E-state index contributed by atoms with van der Waals surface area (Å²) in [6.07, 6.45) is 6.68. The highest BCUT2D eigenvalue weighted by Gasteiger charge is 2.33. The Hall–Kier alpha value is -1.34. The van der Waals surface area contributed by atoms with Gasteiger partial charge in [0.05, 0.1) is 25.2 Å². The maximum Gasteiger partial charge on any atom is 0.315 e. The first-order chi connectivity index (χ1) is 11.6. The van der Waals surface area contributed by atoms with Gasteiger partial charge in [-0.1, -0.05) is 19.3 Å². The maximum atomic E-state index is 12.2. The summed E-state index contributed by atoms with van der Waals surface area (Å²) in [4.78, 5) is 23.8. The van der Waals surface area contributed by atoms with Crippen LogP contribution in [0.5, 0.6) is 0 Å². The molecule has 3 amide bonds. The van der Waals surface area contributed by atoms with Gasteiger partial charge in [0.2, 0.25) is 5.91 Å². The Morgan fingerprint density at radius 2 is 1.83 bits per heavy atom. The molecule has 0 aromatic rings. The van der Waals surface area contributed by atoms with Crippen LogP contribution in [0.4, 0.5) is 4.79 Å². The second-order valence-corrected chi connectivity index (χ2v) is 6.77. The molecule has 138 valence electrons. The van der Waals surface area contributed by atoms with Crippen molar-refractivity contribution in [1.29, 1.82) is 0 Å². The van der Waals surface area contributed by atoms with Gasteiger partial charge >= 0.3 is 6.03 Å². The van der Waals surface area contributed by atoms with Crippen molar-refractivity contribution in [2.24, 2.45) is 0 Å². The van der Waals surface area contributed by atoms with Crippen molar-refractivity contribution in [2.75, 3.05) is 13.2 Å². The van der Waals surface area contributed by atoms with Crippen molar-refractivity contribution < 1.29 is 19.4 Å². The predicted octanol–water partition coefficient (Wildman–Crippen LogP) is 1.05. The lowest BCUT2D eigenvalue weighted by molar-refractivity contribution is -0.130. The monoisotopic (exact) mass is 341 g/mol. The summed E-state index contributed by atoms with van der Waals surface area (Å²) >= 11 is 0. The highest BCUT2D eigenvalue weighted by Crippen LogP contribution is 2.22. The first-order valence-electron chi connectivity index (χ1n) is 9.22. The Labute approximate surface area is 143 Å². The van der Waals surface area contributed by atoms with Gasteiger partial charge in [-0.05, 0) is 32.6 Å². The minimum atomic E-state index is -0.463. The summed E-state index contributed by atoms with van der Waals surface area (Å²) in [6.45, 7) is 2.31. The first kappa shape index (κ1) is 19.0. The van der Waals surface area contributed by atoms with Gasteiger partial charge < -0.3 is 25.8 Å². The van der Waals surface area contributed by atoms with Crippen LogP contribution in [-0.4, -0.2) is 54.5 Å². The summed E-state index contributed by atoms with van der Waals surface area (Å²) < 4.78 is 5.80. The molecule has 2 rings (SSSR count). The zero-order valence-electron chi connectivity index (χ0n) is 14.6. The van der Waals surface area contributed by atoms with E-state index in [4.69, 9.17) is 4.74 Å². The average molecular weight is 341 g/mol. The molecule has 7 nitrogen and oxygen atoms in total. The largest absolute Gasteiger partial charge is 0.394 e. The molecule has 1 aliphatic heterocycles. The van der Waals surface area contributed by atoms with Crippen molar-refractivity contribution in [3.8, 4) is 0 Å².